The summed E-state index contributed by atoms with van der Waals surface area (Å²) in [5.74, 6) is 5.12. The molecule has 1 heterocycles. The summed E-state index contributed by atoms with van der Waals surface area (Å²) in [7, 11) is 0. The lowest BCUT2D eigenvalue weighted by atomic mass is 9.92. The van der Waals surface area contributed by atoms with Gasteiger partial charge in [0, 0.05) is 18.4 Å². The molecule has 17 heavy (non-hydrogen) atoms. The third-order valence-corrected chi connectivity index (χ3v) is 3.33. The van der Waals surface area contributed by atoms with Crippen molar-refractivity contribution >= 4 is 11.8 Å². The Morgan fingerprint density at radius 3 is 2.82 bits per heavy atom. The number of unbranched alkanes of at least 4 members (excludes halogenated alkanes) is 2. The molecule has 98 valence electrons. The number of amides is 2. The predicted molar refractivity (Wildman–Crippen MR) is 65.7 cm³/mol. The van der Waals surface area contributed by atoms with Gasteiger partial charge in [-0.3, -0.25) is 26.2 Å². The predicted octanol–water partition coefficient (Wildman–Crippen LogP) is 0.842. The molecule has 5 heteroatoms. The first kappa shape index (κ1) is 14.1. The number of rotatable bonds is 7. The van der Waals surface area contributed by atoms with Crippen LogP contribution in [0, 0.1) is 5.92 Å². The summed E-state index contributed by atoms with van der Waals surface area (Å²) >= 11 is 0. The topological polar surface area (TPSA) is 84.2 Å². The van der Waals surface area contributed by atoms with Crippen LogP contribution in [0.2, 0.25) is 0 Å². The van der Waals surface area contributed by atoms with Gasteiger partial charge < -0.3 is 0 Å². The highest BCUT2D eigenvalue weighted by atomic mass is 16.2. The molecule has 1 aliphatic heterocycles. The SMILES string of the molecule is CC(CCCCCC1CCC(=O)NC1=O)NN. The average Bonchev–Trinajstić information content (AvgIpc) is 2.30. The average molecular weight is 241 g/mol. The lowest BCUT2D eigenvalue weighted by molar-refractivity contribution is -0.136. The molecule has 0 aromatic rings. The van der Waals surface area contributed by atoms with Gasteiger partial charge in [-0.05, 0) is 26.2 Å². The normalized spacial score (nSPS) is 22.4. The van der Waals surface area contributed by atoms with E-state index in [1.807, 2.05) is 0 Å². The number of imide groups is 1. The van der Waals surface area contributed by atoms with Crippen molar-refractivity contribution in [2.75, 3.05) is 0 Å². The van der Waals surface area contributed by atoms with E-state index in [1.165, 1.54) is 0 Å². The Labute approximate surface area is 102 Å². The summed E-state index contributed by atoms with van der Waals surface area (Å²) in [6.45, 7) is 2.06. The van der Waals surface area contributed by atoms with Crippen LogP contribution in [-0.2, 0) is 9.59 Å². The van der Waals surface area contributed by atoms with Crippen molar-refractivity contribution in [1.82, 2.24) is 10.7 Å². The van der Waals surface area contributed by atoms with E-state index in [9.17, 15) is 9.59 Å². The molecule has 2 atom stereocenters. The van der Waals surface area contributed by atoms with Crippen LogP contribution in [0.4, 0.5) is 0 Å². The van der Waals surface area contributed by atoms with Crippen molar-refractivity contribution in [2.45, 2.75) is 57.9 Å². The number of nitrogens with two attached hydrogens (primary N) is 1. The van der Waals surface area contributed by atoms with E-state index in [1.54, 1.807) is 0 Å². The van der Waals surface area contributed by atoms with Crippen LogP contribution in [0.25, 0.3) is 0 Å². The minimum atomic E-state index is -0.130. The first-order valence-corrected chi connectivity index (χ1v) is 6.43. The number of carbonyl (C=O) groups is 2. The highest BCUT2D eigenvalue weighted by Gasteiger charge is 2.25. The van der Waals surface area contributed by atoms with Gasteiger partial charge in [0.05, 0.1) is 0 Å². The molecular weight excluding hydrogens is 218 g/mol. The molecule has 0 spiro atoms. The number of hydrogen-bond acceptors (Lipinski definition) is 4. The Morgan fingerprint density at radius 1 is 1.41 bits per heavy atom. The zero-order valence-corrected chi connectivity index (χ0v) is 10.5. The molecule has 0 aromatic heterocycles. The van der Waals surface area contributed by atoms with Crippen LogP contribution in [0.5, 0.6) is 0 Å². The fraction of sp³-hybridized carbons (Fsp3) is 0.833. The molecular formula is C12H23N3O2. The van der Waals surface area contributed by atoms with Gasteiger partial charge in [0.2, 0.25) is 11.8 Å². The maximum atomic E-state index is 11.5. The Kier molecular flexibility index (Phi) is 6.15. The van der Waals surface area contributed by atoms with Gasteiger partial charge in [-0.25, -0.2) is 0 Å². The van der Waals surface area contributed by atoms with E-state index in [-0.39, 0.29) is 17.7 Å². The molecule has 0 bridgehead atoms. The Hall–Kier alpha value is -0.940. The highest BCUT2D eigenvalue weighted by Crippen LogP contribution is 2.19. The van der Waals surface area contributed by atoms with Gasteiger partial charge in [0.15, 0.2) is 0 Å². The lowest BCUT2D eigenvalue weighted by Crippen LogP contribution is -2.40. The minimum Gasteiger partial charge on any atom is -0.296 e. The van der Waals surface area contributed by atoms with Gasteiger partial charge in [0.1, 0.15) is 0 Å². The molecule has 2 unspecified atom stereocenters. The quantitative estimate of drug-likeness (QED) is 0.267. The zero-order valence-electron chi connectivity index (χ0n) is 10.5. The van der Waals surface area contributed by atoms with Crippen LogP contribution in [0.1, 0.15) is 51.9 Å². The number of piperidine rings is 1. The van der Waals surface area contributed by atoms with Crippen molar-refractivity contribution in [3.8, 4) is 0 Å². The molecule has 1 aliphatic rings. The number of hydrogen-bond donors (Lipinski definition) is 3. The molecule has 0 radical (unpaired) electrons. The Morgan fingerprint density at radius 2 is 2.18 bits per heavy atom. The first-order chi connectivity index (χ1) is 8.13. The van der Waals surface area contributed by atoms with Crippen LogP contribution < -0.4 is 16.6 Å². The van der Waals surface area contributed by atoms with Crippen LogP contribution in [0.3, 0.4) is 0 Å². The molecule has 4 N–H and O–H groups in total. The lowest BCUT2D eigenvalue weighted by Gasteiger charge is -2.20. The number of nitrogens with one attached hydrogen (secondary N) is 2. The first-order valence-electron chi connectivity index (χ1n) is 6.43. The summed E-state index contributed by atoms with van der Waals surface area (Å²) < 4.78 is 0. The van der Waals surface area contributed by atoms with Crippen molar-refractivity contribution in [3.63, 3.8) is 0 Å². The van der Waals surface area contributed by atoms with Crippen molar-refractivity contribution in [1.29, 1.82) is 0 Å². The summed E-state index contributed by atoms with van der Waals surface area (Å²) in [6.07, 6.45) is 6.44. The summed E-state index contributed by atoms with van der Waals surface area (Å²) in [5, 5.41) is 2.39. The Bertz CT molecular complexity index is 268. The van der Waals surface area contributed by atoms with Gasteiger partial charge in [-0.15, -0.1) is 0 Å². The van der Waals surface area contributed by atoms with Gasteiger partial charge in [-0.2, -0.15) is 0 Å². The van der Waals surface area contributed by atoms with Crippen molar-refractivity contribution < 1.29 is 9.59 Å². The highest BCUT2D eigenvalue weighted by molar-refractivity contribution is 5.98. The van der Waals surface area contributed by atoms with Gasteiger partial charge in [0.25, 0.3) is 0 Å². The summed E-state index contributed by atoms with van der Waals surface area (Å²) in [4.78, 5) is 22.4. The smallest absolute Gasteiger partial charge is 0.229 e. The standard InChI is InChI=1S/C12H23N3O2/c1-9(15-13)5-3-2-4-6-10-7-8-11(16)14-12(10)17/h9-10,15H,2-8,13H2,1H3,(H,14,16,17). The fourth-order valence-electron chi connectivity index (χ4n) is 2.12. The van der Waals surface area contributed by atoms with E-state index in [4.69, 9.17) is 5.84 Å². The van der Waals surface area contributed by atoms with Gasteiger partial charge in [-0.1, -0.05) is 19.3 Å². The summed E-state index contributed by atoms with van der Waals surface area (Å²) in [6, 6.07) is 0.352. The molecule has 0 saturated carbocycles. The second kappa shape index (κ2) is 7.40. The van der Waals surface area contributed by atoms with Crippen LogP contribution in [0.15, 0.2) is 0 Å². The second-order valence-electron chi connectivity index (χ2n) is 4.85. The van der Waals surface area contributed by atoms with Crippen LogP contribution in [-0.4, -0.2) is 17.9 Å². The van der Waals surface area contributed by atoms with Crippen molar-refractivity contribution in [3.05, 3.63) is 0 Å². The van der Waals surface area contributed by atoms with E-state index in [0.717, 1.165) is 32.1 Å². The van der Waals surface area contributed by atoms with Crippen LogP contribution >= 0.6 is 0 Å². The van der Waals surface area contributed by atoms with E-state index in [0.29, 0.717) is 18.9 Å². The minimum absolute atomic E-state index is 0.0396. The molecule has 0 aromatic carbocycles. The second-order valence-corrected chi connectivity index (χ2v) is 4.85. The van der Waals surface area contributed by atoms with E-state index >= 15 is 0 Å². The fourth-order valence-corrected chi connectivity index (χ4v) is 2.12. The number of hydrazine groups is 1. The molecule has 2 amide bonds. The zero-order chi connectivity index (χ0) is 12.7. The monoisotopic (exact) mass is 241 g/mol. The van der Waals surface area contributed by atoms with Crippen molar-refractivity contribution in [2.24, 2.45) is 11.8 Å². The van der Waals surface area contributed by atoms with E-state index in [2.05, 4.69) is 17.7 Å². The Balaban J connectivity index is 2.06. The third-order valence-electron chi connectivity index (χ3n) is 3.33. The molecule has 1 rings (SSSR count). The van der Waals surface area contributed by atoms with E-state index < -0.39 is 0 Å². The third kappa shape index (κ3) is 5.28. The molecule has 0 aliphatic carbocycles. The maximum absolute atomic E-state index is 11.5. The molecule has 5 nitrogen and oxygen atoms in total. The number of carbonyl (C=O) groups excluding carboxylic acids is 2. The largest absolute Gasteiger partial charge is 0.296 e. The van der Waals surface area contributed by atoms with Gasteiger partial charge >= 0.3 is 0 Å². The summed E-state index contributed by atoms with van der Waals surface area (Å²) in [5.41, 5.74) is 2.72. The molecule has 1 saturated heterocycles. The molecule has 1 fully saturated rings. The maximum Gasteiger partial charge on any atom is 0.229 e.